The van der Waals surface area contributed by atoms with Gasteiger partial charge in [0.1, 0.15) is 0 Å². The maximum absolute atomic E-state index is 12.0. The van der Waals surface area contributed by atoms with Gasteiger partial charge in [0.25, 0.3) is 0 Å². The zero-order valence-electron chi connectivity index (χ0n) is 10.9. The minimum atomic E-state index is -0.156. The molecule has 107 valence electrons. The number of benzene rings is 3. The first-order chi connectivity index (χ1) is 9.75. The minimum Gasteiger partial charge on any atom is -0.872 e. The largest absolute Gasteiger partial charge is 2.00 e. The van der Waals surface area contributed by atoms with E-state index in [1.807, 2.05) is 24.3 Å². The van der Waals surface area contributed by atoms with Gasteiger partial charge in [-0.3, -0.25) is 4.99 Å². The first-order valence-electron chi connectivity index (χ1n) is 6.24. The molecule has 0 aliphatic rings. The molecule has 0 heterocycles. The molecule has 0 aromatic heterocycles. The maximum Gasteiger partial charge on any atom is 2.00 e. The second-order valence-electron chi connectivity index (χ2n) is 4.42. The molecule has 0 aliphatic heterocycles. The molecule has 21 heavy (non-hydrogen) atoms. The number of hydrogen-bond donors (Lipinski definition) is 0. The molecule has 0 amide bonds. The Labute approximate surface area is 133 Å². The number of hydrogen-bond acceptors (Lipinski definition) is 3. The van der Waals surface area contributed by atoms with Gasteiger partial charge < -0.3 is 10.2 Å². The fraction of sp³-hybridized carbons (Fsp3) is 0. The van der Waals surface area contributed by atoms with Gasteiger partial charge in [-0.25, -0.2) is 0 Å². The summed E-state index contributed by atoms with van der Waals surface area (Å²) in [5.41, 5.74) is 0.839. The van der Waals surface area contributed by atoms with Crippen molar-refractivity contribution in [2.75, 3.05) is 0 Å². The van der Waals surface area contributed by atoms with Crippen molar-refractivity contribution in [3.63, 3.8) is 0 Å². The number of nitrogens with zero attached hydrogens (tertiary/aromatic N) is 1. The average molecular weight is 325 g/mol. The van der Waals surface area contributed by atoms with Gasteiger partial charge in [0.15, 0.2) is 0 Å². The molecule has 3 aromatic rings. The van der Waals surface area contributed by atoms with Gasteiger partial charge >= 0.3 is 17.1 Å². The van der Waals surface area contributed by atoms with Gasteiger partial charge in [-0.2, -0.15) is 0 Å². The second kappa shape index (κ2) is 6.44. The van der Waals surface area contributed by atoms with E-state index >= 15 is 0 Å². The van der Waals surface area contributed by atoms with E-state index < -0.39 is 0 Å². The third kappa shape index (κ3) is 3.07. The third-order valence-corrected chi connectivity index (χ3v) is 3.13. The van der Waals surface area contributed by atoms with E-state index in [9.17, 15) is 10.2 Å². The normalized spacial score (nSPS) is 10.7. The van der Waals surface area contributed by atoms with Crippen LogP contribution >= 0.6 is 0 Å². The van der Waals surface area contributed by atoms with Crippen molar-refractivity contribution in [2.45, 2.75) is 0 Å². The van der Waals surface area contributed by atoms with E-state index in [-0.39, 0.29) is 28.6 Å². The smallest absolute Gasteiger partial charge is 0.872 e. The quantitative estimate of drug-likeness (QED) is 0.537. The number of aliphatic imine (C=N–C) groups is 1. The van der Waals surface area contributed by atoms with E-state index in [2.05, 4.69) is 4.99 Å². The molecule has 0 saturated heterocycles. The van der Waals surface area contributed by atoms with Crippen LogP contribution in [0.25, 0.3) is 10.8 Å². The first-order valence-corrected chi connectivity index (χ1v) is 6.24. The zero-order valence-corrected chi connectivity index (χ0v) is 11.9. The molecule has 4 heteroatoms. The fourth-order valence-electron chi connectivity index (χ4n) is 2.11. The molecule has 1 radical (unpaired) electrons. The van der Waals surface area contributed by atoms with Crippen molar-refractivity contribution in [3.05, 3.63) is 66.2 Å². The van der Waals surface area contributed by atoms with Crippen molar-refractivity contribution in [1.82, 2.24) is 0 Å². The van der Waals surface area contributed by atoms with Crippen LogP contribution in [0, 0.1) is 0 Å². The van der Waals surface area contributed by atoms with E-state index in [0.717, 1.165) is 10.8 Å². The average Bonchev–Trinajstić information content (AvgIpc) is 2.48. The Morgan fingerprint density at radius 3 is 2.29 bits per heavy atom. The van der Waals surface area contributed by atoms with Crippen LogP contribution in [-0.2, 0) is 17.1 Å². The van der Waals surface area contributed by atoms with Crippen LogP contribution in [0.3, 0.4) is 0 Å². The molecule has 0 spiro atoms. The molecule has 0 saturated carbocycles. The number of rotatable bonds is 2. The summed E-state index contributed by atoms with van der Waals surface area (Å²) < 4.78 is 0. The Balaban J connectivity index is 0.00000161. The van der Waals surface area contributed by atoms with Crippen LogP contribution in [0.15, 0.2) is 65.7 Å². The van der Waals surface area contributed by atoms with E-state index in [1.54, 1.807) is 24.3 Å². The molecule has 3 nitrogen and oxygen atoms in total. The summed E-state index contributed by atoms with van der Waals surface area (Å²) in [6, 6.07) is 17.4. The summed E-state index contributed by atoms with van der Waals surface area (Å²) in [7, 11) is 0. The molecule has 0 atom stereocenters. The van der Waals surface area contributed by atoms with Crippen molar-refractivity contribution in [3.8, 4) is 11.5 Å². The Morgan fingerprint density at radius 1 is 0.762 bits per heavy atom. The van der Waals surface area contributed by atoms with Gasteiger partial charge in [0, 0.05) is 6.21 Å². The molecule has 0 N–H and O–H groups in total. The minimum absolute atomic E-state index is 0. The van der Waals surface area contributed by atoms with Gasteiger partial charge in [-0.15, -0.1) is 0 Å². The number of fused-ring (bicyclic) bond motifs is 1. The second-order valence-corrected chi connectivity index (χ2v) is 4.42. The molecule has 3 rings (SSSR count). The van der Waals surface area contributed by atoms with E-state index in [1.165, 1.54) is 18.3 Å². The van der Waals surface area contributed by atoms with Gasteiger partial charge in [0.2, 0.25) is 0 Å². The summed E-state index contributed by atoms with van der Waals surface area (Å²) in [5, 5.41) is 25.4. The summed E-state index contributed by atoms with van der Waals surface area (Å²) in [6.07, 6.45) is 1.47. The molecular weight excluding hydrogens is 314 g/mol. The monoisotopic (exact) mass is 324 g/mol. The van der Waals surface area contributed by atoms with Crippen LogP contribution in [0.1, 0.15) is 5.56 Å². The van der Waals surface area contributed by atoms with Crippen LogP contribution < -0.4 is 10.2 Å². The molecule has 0 aliphatic carbocycles. The van der Waals surface area contributed by atoms with Crippen molar-refractivity contribution < 1.29 is 27.3 Å². The summed E-state index contributed by atoms with van der Waals surface area (Å²) in [4.78, 5) is 4.15. The van der Waals surface area contributed by atoms with Crippen molar-refractivity contribution in [1.29, 1.82) is 0 Å². The maximum atomic E-state index is 12.0. The molecule has 0 fully saturated rings. The standard InChI is InChI=1S/C17H13NO2.Cu/c19-16-10-9-12-5-1-2-6-13(12)14(16)11-18-15-7-3-4-8-17(15)20;/h1-11,19-20H;/q;+2/p-2. The van der Waals surface area contributed by atoms with Crippen LogP contribution in [-0.4, -0.2) is 6.21 Å². The van der Waals surface area contributed by atoms with E-state index in [0.29, 0.717) is 11.3 Å². The van der Waals surface area contributed by atoms with Gasteiger partial charge in [-0.05, 0) is 22.4 Å². The van der Waals surface area contributed by atoms with Crippen LogP contribution in [0.2, 0.25) is 0 Å². The van der Waals surface area contributed by atoms with Crippen LogP contribution in [0.5, 0.6) is 11.5 Å². The zero-order chi connectivity index (χ0) is 13.9. The van der Waals surface area contributed by atoms with Gasteiger partial charge in [-0.1, -0.05) is 66.1 Å². The van der Waals surface area contributed by atoms with Crippen LogP contribution in [0.4, 0.5) is 5.69 Å². The third-order valence-electron chi connectivity index (χ3n) is 3.13. The Morgan fingerprint density at radius 2 is 1.48 bits per heavy atom. The summed E-state index contributed by atoms with van der Waals surface area (Å²) in [5.74, 6) is -0.257. The predicted octanol–water partition coefficient (Wildman–Crippen LogP) is 2.74. The van der Waals surface area contributed by atoms with Gasteiger partial charge in [0.05, 0.1) is 5.69 Å². The van der Waals surface area contributed by atoms with Crippen molar-refractivity contribution in [2.24, 2.45) is 4.99 Å². The Hall–Kier alpha value is -2.29. The molecule has 0 bridgehead atoms. The predicted molar refractivity (Wildman–Crippen MR) is 76.5 cm³/mol. The topological polar surface area (TPSA) is 58.5 Å². The molecular formula is C17H11CuNO2. The molecule has 0 unspecified atom stereocenters. The summed E-state index contributed by atoms with van der Waals surface area (Å²) in [6.45, 7) is 0. The fourth-order valence-corrected chi connectivity index (χ4v) is 2.11. The first kappa shape index (κ1) is 15.1. The van der Waals surface area contributed by atoms with Crippen molar-refractivity contribution >= 4 is 22.7 Å². The number of para-hydroxylation sites is 2. The summed E-state index contributed by atoms with van der Waals surface area (Å²) >= 11 is 0. The SMILES string of the molecule is [Cu+2].[O-]c1ccccc1N=Cc1c([O-])ccc2ccccc12. The van der Waals surface area contributed by atoms with E-state index in [4.69, 9.17) is 0 Å². The molecule has 3 aromatic carbocycles. The Kier molecular flexibility index (Phi) is 4.63. The Bertz CT molecular complexity index is 800.